The van der Waals surface area contributed by atoms with Crippen molar-refractivity contribution in [2.45, 2.75) is 33.2 Å². The second-order valence-corrected chi connectivity index (χ2v) is 4.84. The van der Waals surface area contributed by atoms with Crippen LogP contribution in [0.1, 0.15) is 35.1 Å². The van der Waals surface area contributed by atoms with Crippen molar-refractivity contribution in [3.63, 3.8) is 0 Å². The van der Waals surface area contributed by atoms with Gasteiger partial charge in [-0.3, -0.25) is 14.2 Å². The van der Waals surface area contributed by atoms with E-state index in [1.165, 1.54) is 11.5 Å². The molecule has 0 radical (unpaired) electrons. The minimum atomic E-state index is -1.14. The standard InChI is InChI=1S/C11H16N2O4S/c1-3-4-5-12-8(14)6-13-7(2)9(10(15)16)18-11(13)17/h3-6H2,1-2H3,(H,12,14)(H,15,16). The molecule has 1 aromatic heterocycles. The van der Waals surface area contributed by atoms with Crippen LogP contribution in [0.25, 0.3) is 0 Å². The summed E-state index contributed by atoms with van der Waals surface area (Å²) >= 11 is 0.647. The average molecular weight is 272 g/mol. The summed E-state index contributed by atoms with van der Waals surface area (Å²) in [5.74, 6) is -1.41. The van der Waals surface area contributed by atoms with E-state index in [-0.39, 0.29) is 17.3 Å². The molecule has 1 aromatic rings. The number of rotatable bonds is 6. The smallest absolute Gasteiger partial charge is 0.347 e. The van der Waals surface area contributed by atoms with Crippen LogP contribution in [-0.4, -0.2) is 28.1 Å². The lowest BCUT2D eigenvalue weighted by Crippen LogP contribution is -2.31. The molecule has 0 unspecified atom stereocenters. The fourth-order valence-corrected chi connectivity index (χ4v) is 2.29. The number of amides is 1. The second kappa shape index (κ2) is 6.34. The zero-order valence-corrected chi connectivity index (χ0v) is 11.2. The molecule has 0 aliphatic rings. The van der Waals surface area contributed by atoms with Crippen molar-refractivity contribution >= 4 is 23.2 Å². The lowest BCUT2D eigenvalue weighted by molar-refractivity contribution is -0.121. The third kappa shape index (κ3) is 3.43. The first-order valence-electron chi connectivity index (χ1n) is 5.67. The SMILES string of the molecule is CCCCNC(=O)Cn1c(C)c(C(=O)O)sc1=O. The number of carbonyl (C=O) groups is 2. The first-order valence-corrected chi connectivity index (χ1v) is 6.49. The Morgan fingerprint density at radius 2 is 2.11 bits per heavy atom. The van der Waals surface area contributed by atoms with Crippen molar-refractivity contribution in [1.29, 1.82) is 0 Å². The summed E-state index contributed by atoms with van der Waals surface area (Å²) in [4.78, 5) is 33.5. The maximum atomic E-state index is 11.6. The van der Waals surface area contributed by atoms with Crippen molar-refractivity contribution in [2.24, 2.45) is 0 Å². The van der Waals surface area contributed by atoms with Crippen LogP contribution in [0.5, 0.6) is 0 Å². The number of aromatic carboxylic acids is 1. The van der Waals surface area contributed by atoms with Gasteiger partial charge in [0.2, 0.25) is 5.91 Å². The molecule has 0 aliphatic carbocycles. The topological polar surface area (TPSA) is 88.4 Å². The quantitative estimate of drug-likeness (QED) is 0.751. The lowest BCUT2D eigenvalue weighted by atomic mass is 10.3. The third-order valence-electron chi connectivity index (χ3n) is 2.49. The number of nitrogens with zero attached hydrogens (tertiary/aromatic N) is 1. The molecule has 0 saturated heterocycles. The predicted octanol–water partition coefficient (Wildman–Crippen LogP) is 0.833. The van der Waals surface area contributed by atoms with Gasteiger partial charge in [-0.05, 0) is 13.3 Å². The van der Waals surface area contributed by atoms with Crippen molar-refractivity contribution in [3.05, 3.63) is 20.2 Å². The molecule has 0 saturated carbocycles. The highest BCUT2D eigenvalue weighted by atomic mass is 32.1. The Morgan fingerprint density at radius 3 is 2.61 bits per heavy atom. The molecule has 100 valence electrons. The van der Waals surface area contributed by atoms with Crippen LogP contribution in [0.2, 0.25) is 0 Å². The number of nitrogens with one attached hydrogen (secondary N) is 1. The van der Waals surface area contributed by atoms with Gasteiger partial charge in [0.05, 0.1) is 0 Å². The molecule has 0 aliphatic heterocycles. The predicted molar refractivity (Wildman–Crippen MR) is 68.2 cm³/mol. The number of hydrogen-bond acceptors (Lipinski definition) is 4. The van der Waals surface area contributed by atoms with Gasteiger partial charge >= 0.3 is 10.8 Å². The summed E-state index contributed by atoms with van der Waals surface area (Å²) in [6.07, 6.45) is 1.85. The molecule has 0 aromatic carbocycles. The largest absolute Gasteiger partial charge is 0.477 e. The molecule has 1 heterocycles. The van der Waals surface area contributed by atoms with Crippen LogP contribution in [0.3, 0.4) is 0 Å². The van der Waals surface area contributed by atoms with Crippen molar-refractivity contribution < 1.29 is 14.7 Å². The van der Waals surface area contributed by atoms with Crippen LogP contribution < -0.4 is 10.2 Å². The Labute approximate surface area is 108 Å². The van der Waals surface area contributed by atoms with Crippen LogP contribution in [0, 0.1) is 6.92 Å². The monoisotopic (exact) mass is 272 g/mol. The zero-order chi connectivity index (χ0) is 13.7. The molecular formula is C11H16N2O4S. The van der Waals surface area contributed by atoms with Gasteiger partial charge < -0.3 is 10.4 Å². The van der Waals surface area contributed by atoms with Gasteiger partial charge in [-0.15, -0.1) is 0 Å². The Hall–Kier alpha value is -1.63. The maximum absolute atomic E-state index is 11.6. The van der Waals surface area contributed by atoms with Gasteiger partial charge in [-0.2, -0.15) is 0 Å². The molecule has 0 atom stereocenters. The molecule has 0 bridgehead atoms. The minimum Gasteiger partial charge on any atom is -0.477 e. The van der Waals surface area contributed by atoms with Gasteiger partial charge in [-0.25, -0.2) is 4.79 Å². The summed E-state index contributed by atoms with van der Waals surface area (Å²) in [5, 5.41) is 11.6. The highest BCUT2D eigenvalue weighted by molar-refractivity contribution is 7.11. The Morgan fingerprint density at radius 1 is 1.44 bits per heavy atom. The minimum absolute atomic E-state index is 0.0126. The van der Waals surface area contributed by atoms with E-state index in [0.29, 0.717) is 23.6 Å². The Balaban J connectivity index is 2.76. The molecule has 0 spiro atoms. The first kappa shape index (κ1) is 14.4. The van der Waals surface area contributed by atoms with Crippen molar-refractivity contribution in [2.75, 3.05) is 6.54 Å². The third-order valence-corrected chi connectivity index (χ3v) is 3.56. The van der Waals surface area contributed by atoms with E-state index in [4.69, 9.17) is 5.11 Å². The van der Waals surface area contributed by atoms with Crippen LogP contribution in [0.4, 0.5) is 0 Å². The average Bonchev–Trinajstić information content (AvgIpc) is 2.57. The van der Waals surface area contributed by atoms with E-state index in [0.717, 1.165) is 12.8 Å². The summed E-state index contributed by atoms with van der Waals surface area (Å²) in [5.41, 5.74) is 0.322. The van der Waals surface area contributed by atoms with Crippen LogP contribution in [0.15, 0.2) is 4.79 Å². The highest BCUT2D eigenvalue weighted by Gasteiger charge is 2.17. The van der Waals surface area contributed by atoms with Gasteiger partial charge in [0.25, 0.3) is 0 Å². The second-order valence-electron chi connectivity index (χ2n) is 3.88. The van der Waals surface area contributed by atoms with E-state index in [2.05, 4.69) is 5.32 Å². The zero-order valence-electron chi connectivity index (χ0n) is 10.4. The van der Waals surface area contributed by atoms with E-state index in [1.54, 1.807) is 0 Å². The van der Waals surface area contributed by atoms with Crippen LogP contribution in [-0.2, 0) is 11.3 Å². The number of thiazole rings is 1. The molecule has 18 heavy (non-hydrogen) atoms. The fourth-order valence-electron chi connectivity index (χ4n) is 1.46. The van der Waals surface area contributed by atoms with E-state index >= 15 is 0 Å². The van der Waals surface area contributed by atoms with Crippen LogP contribution >= 0.6 is 11.3 Å². The van der Waals surface area contributed by atoms with E-state index < -0.39 is 10.8 Å². The number of hydrogen-bond donors (Lipinski definition) is 2. The number of carboxylic acids is 1. The van der Waals surface area contributed by atoms with Crippen molar-refractivity contribution in [3.8, 4) is 0 Å². The maximum Gasteiger partial charge on any atom is 0.347 e. The van der Waals surface area contributed by atoms with E-state index in [9.17, 15) is 14.4 Å². The van der Waals surface area contributed by atoms with Gasteiger partial charge in [0.15, 0.2) is 0 Å². The molecule has 6 nitrogen and oxygen atoms in total. The number of unbranched alkanes of at least 4 members (excludes halogenated alkanes) is 1. The normalized spacial score (nSPS) is 10.3. The molecule has 1 amide bonds. The summed E-state index contributed by atoms with van der Waals surface area (Å²) in [7, 11) is 0. The molecular weight excluding hydrogens is 256 g/mol. The van der Waals surface area contributed by atoms with Gasteiger partial charge in [0.1, 0.15) is 11.4 Å². The molecule has 1 rings (SSSR count). The van der Waals surface area contributed by atoms with Gasteiger partial charge in [0, 0.05) is 12.2 Å². The molecule has 0 fully saturated rings. The first-order chi connectivity index (χ1) is 8.47. The molecule has 7 heteroatoms. The molecule has 2 N–H and O–H groups in total. The summed E-state index contributed by atoms with van der Waals surface area (Å²) in [6, 6.07) is 0. The fraction of sp³-hybridized carbons (Fsp3) is 0.545. The van der Waals surface area contributed by atoms with Crippen molar-refractivity contribution in [1.82, 2.24) is 9.88 Å². The van der Waals surface area contributed by atoms with E-state index in [1.807, 2.05) is 6.92 Å². The number of carbonyl (C=O) groups excluding carboxylic acids is 1. The Kier molecular flexibility index (Phi) is 5.08. The number of carboxylic acid groups (broad SMARTS) is 1. The summed E-state index contributed by atoms with van der Waals surface area (Å²) in [6.45, 7) is 3.98. The summed E-state index contributed by atoms with van der Waals surface area (Å²) < 4.78 is 1.19. The highest BCUT2D eigenvalue weighted by Crippen LogP contribution is 2.11. The lowest BCUT2D eigenvalue weighted by Gasteiger charge is -2.06. The van der Waals surface area contributed by atoms with Gasteiger partial charge in [-0.1, -0.05) is 24.7 Å². The number of aromatic nitrogens is 1. The Bertz CT molecular complexity index is 504.